The first-order valence-electron chi connectivity index (χ1n) is 9.77. The Balaban J connectivity index is 1.47. The molecule has 0 unspecified atom stereocenters. The van der Waals surface area contributed by atoms with Gasteiger partial charge >= 0.3 is 0 Å². The van der Waals surface area contributed by atoms with Crippen LogP contribution in [-0.4, -0.2) is 60.5 Å². The second-order valence-corrected chi connectivity index (χ2v) is 9.70. The zero-order chi connectivity index (χ0) is 21.0. The van der Waals surface area contributed by atoms with Crippen molar-refractivity contribution in [1.29, 1.82) is 0 Å². The molecule has 0 aliphatic carbocycles. The van der Waals surface area contributed by atoms with E-state index in [0.717, 1.165) is 43.4 Å². The van der Waals surface area contributed by atoms with Gasteiger partial charge in [0.2, 0.25) is 5.91 Å². The predicted molar refractivity (Wildman–Crippen MR) is 119 cm³/mol. The third-order valence-corrected chi connectivity index (χ3v) is 6.02. The van der Waals surface area contributed by atoms with Gasteiger partial charge in [-0.1, -0.05) is 32.4 Å². The highest BCUT2D eigenvalue weighted by atomic mass is 35.5. The molecule has 158 valence electrons. The monoisotopic (exact) mass is 436 g/mol. The normalized spacial score (nSPS) is 16.0. The number of piperazine rings is 1. The number of carbonyl (C=O) groups is 1. The zero-order valence-electron chi connectivity index (χ0n) is 17.5. The van der Waals surface area contributed by atoms with Crippen LogP contribution in [-0.2, 0) is 16.8 Å². The van der Waals surface area contributed by atoms with Crippen LogP contribution in [0.3, 0.4) is 0 Å². The van der Waals surface area contributed by atoms with Gasteiger partial charge in [0.1, 0.15) is 10.8 Å². The highest BCUT2D eigenvalue weighted by molar-refractivity contribution is 7.09. The largest absolute Gasteiger partial charge is 0.495 e. The Hall–Kier alpha value is -1.67. The Morgan fingerprint density at radius 3 is 2.55 bits per heavy atom. The number of nitrogens with one attached hydrogen (secondary N) is 1. The quantitative estimate of drug-likeness (QED) is 0.745. The van der Waals surface area contributed by atoms with Crippen molar-refractivity contribution in [3.05, 3.63) is 39.3 Å². The first kappa shape index (κ1) is 22.0. The average Bonchev–Trinajstić information content (AvgIpc) is 3.12. The van der Waals surface area contributed by atoms with Crippen molar-refractivity contribution in [1.82, 2.24) is 14.8 Å². The van der Waals surface area contributed by atoms with Gasteiger partial charge in [0, 0.05) is 42.0 Å². The zero-order valence-corrected chi connectivity index (χ0v) is 19.1. The van der Waals surface area contributed by atoms with E-state index in [1.807, 2.05) is 0 Å². The van der Waals surface area contributed by atoms with Crippen LogP contribution < -0.4 is 10.1 Å². The topological polar surface area (TPSA) is 57.7 Å². The molecule has 1 fully saturated rings. The number of thiazole rings is 1. The fourth-order valence-corrected chi connectivity index (χ4v) is 4.43. The second-order valence-electron chi connectivity index (χ2n) is 8.32. The highest BCUT2D eigenvalue weighted by Gasteiger charge is 2.22. The van der Waals surface area contributed by atoms with Crippen molar-refractivity contribution in [2.24, 2.45) is 0 Å². The number of anilines is 1. The van der Waals surface area contributed by atoms with E-state index in [0.29, 0.717) is 23.0 Å². The van der Waals surface area contributed by atoms with Crippen LogP contribution in [0.2, 0.25) is 5.02 Å². The number of carbonyl (C=O) groups excluding carboxylic acids is 1. The minimum atomic E-state index is -0.0613. The van der Waals surface area contributed by atoms with Gasteiger partial charge in [-0.05, 0) is 18.2 Å². The van der Waals surface area contributed by atoms with Crippen molar-refractivity contribution < 1.29 is 9.53 Å². The van der Waals surface area contributed by atoms with Gasteiger partial charge in [-0.2, -0.15) is 0 Å². The number of benzene rings is 1. The summed E-state index contributed by atoms with van der Waals surface area (Å²) in [4.78, 5) is 21.8. The number of rotatable bonds is 6. The van der Waals surface area contributed by atoms with Crippen LogP contribution in [0.5, 0.6) is 5.75 Å². The molecule has 8 heteroatoms. The van der Waals surface area contributed by atoms with E-state index in [2.05, 4.69) is 41.3 Å². The van der Waals surface area contributed by atoms with Crippen LogP contribution >= 0.6 is 22.9 Å². The maximum atomic E-state index is 12.5. The first-order chi connectivity index (χ1) is 13.7. The number of methoxy groups -OCH3 is 1. The molecule has 0 atom stereocenters. The molecule has 1 aromatic carbocycles. The number of nitrogens with zero attached hydrogens (tertiary/aromatic N) is 3. The number of halogens is 1. The average molecular weight is 437 g/mol. The number of ether oxygens (including phenoxy) is 1. The summed E-state index contributed by atoms with van der Waals surface area (Å²) in [5.41, 5.74) is 1.85. The van der Waals surface area contributed by atoms with E-state index in [1.165, 1.54) is 0 Å². The third kappa shape index (κ3) is 6.15. The molecule has 1 saturated heterocycles. The molecule has 2 heterocycles. The summed E-state index contributed by atoms with van der Waals surface area (Å²) in [5, 5.41) is 6.80. The lowest BCUT2D eigenvalue weighted by Gasteiger charge is -2.33. The predicted octanol–water partition coefficient (Wildman–Crippen LogP) is 3.86. The molecule has 2 aromatic rings. The molecule has 0 radical (unpaired) electrons. The number of amides is 1. The SMILES string of the molecule is COc1ccc(Cl)cc1NC(=O)CN1CCN(Cc2nc(C(C)(C)C)cs2)CC1. The second kappa shape index (κ2) is 9.43. The van der Waals surface area contributed by atoms with E-state index >= 15 is 0 Å². The summed E-state index contributed by atoms with van der Waals surface area (Å²) in [6.07, 6.45) is 0. The first-order valence-corrected chi connectivity index (χ1v) is 11.0. The Morgan fingerprint density at radius 1 is 1.24 bits per heavy atom. The lowest BCUT2D eigenvalue weighted by atomic mass is 9.93. The molecule has 1 N–H and O–H groups in total. The Morgan fingerprint density at radius 2 is 1.93 bits per heavy atom. The summed E-state index contributed by atoms with van der Waals surface area (Å²) in [6.45, 7) is 11.4. The van der Waals surface area contributed by atoms with Crippen LogP contribution in [0.4, 0.5) is 5.69 Å². The standard InChI is InChI=1S/C21H29ClN4O2S/c1-21(2,3)18-14-29-20(24-18)13-26-9-7-25(8-10-26)12-19(27)23-16-11-15(22)5-6-17(16)28-4/h5-6,11,14H,7-10,12-13H2,1-4H3,(H,23,27). The molecule has 1 amide bonds. The Bertz CT molecular complexity index is 841. The van der Waals surface area contributed by atoms with Gasteiger partial charge in [-0.15, -0.1) is 11.3 Å². The molecule has 1 aromatic heterocycles. The molecule has 3 rings (SSSR count). The van der Waals surface area contributed by atoms with Crippen molar-refractivity contribution in [3.63, 3.8) is 0 Å². The maximum Gasteiger partial charge on any atom is 0.238 e. The molecule has 1 aliphatic rings. The Kier molecular flexibility index (Phi) is 7.16. The van der Waals surface area contributed by atoms with Crippen LogP contribution in [0.1, 0.15) is 31.5 Å². The summed E-state index contributed by atoms with van der Waals surface area (Å²) >= 11 is 7.77. The van der Waals surface area contributed by atoms with Crippen LogP contribution in [0, 0.1) is 0 Å². The lowest BCUT2D eigenvalue weighted by Crippen LogP contribution is -2.48. The fourth-order valence-electron chi connectivity index (χ4n) is 3.20. The third-order valence-electron chi connectivity index (χ3n) is 4.95. The number of aromatic nitrogens is 1. The van der Waals surface area contributed by atoms with E-state index in [9.17, 15) is 4.79 Å². The van der Waals surface area contributed by atoms with Gasteiger partial charge in [-0.25, -0.2) is 4.98 Å². The minimum Gasteiger partial charge on any atom is -0.495 e. The lowest BCUT2D eigenvalue weighted by molar-refractivity contribution is -0.117. The van der Waals surface area contributed by atoms with Crippen LogP contribution in [0.15, 0.2) is 23.6 Å². The number of hydrogen-bond donors (Lipinski definition) is 1. The summed E-state index contributed by atoms with van der Waals surface area (Å²) in [5.74, 6) is 0.541. The van der Waals surface area contributed by atoms with E-state index in [4.69, 9.17) is 21.3 Å². The van der Waals surface area contributed by atoms with Crippen molar-refractivity contribution in [3.8, 4) is 5.75 Å². The van der Waals surface area contributed by atoms with Gasteiger partial charge < -0.3 is 10.1 Å². The smallest absolute Gasteiger partial charge is 0.238 e. The van der Waals surface area contributed by atoms with Gasteiger partial charge in [0.25, 0.3) is 0 Å². The van der Waals surface area contributed by atoms with Gasteiger partial charge in [0.05, 0.1) is 31.6 Å². The van der Waals surface area contributed by atoms with Crippen molar-refractivity contribution >= 4 is 34.5 Å². The number of hydrogen-bond acceptors (Lipinski definition) is 6. The summed E-state index contributed by atoms with van der Waals surface area (Å²) in [7, 11) is 1.57. The van der Waals surface area contributed by atoms with E-state index in [1.54, 1.807) is 36.6 Å². The molecular weight excluding hydrogens is 408 g/mol. The molecule has 1 aliphatic heterocycles. The Labute approximate surface area is 181 Å². The maximum absolute atomic E-state index is 12.5. The molecule has 0 spiro atoms. The molecule has 6 nitrogen and oxygen atoms in total. The van der Waals surface area contributed by atoms with Crippen molar-refractivity contribution in [2.75, 3.05) is 45.2 Å². The summed E-state index contributed by atoms with van der Waals surface area (Å²) < 4.78 is 5.29. The minimum absolute atomic E-state index is 0.0613. The fraction of sp³-hybridized carbons (Fsp3) is 0.524. The van der Waals surface area contributed by atoms with Crippen molar-refractivity contribution in [2.45, 2.75) is 32.7 Å². The highest BCUT2D eigenvalue weighted by Crippen LogP contribution is 2.28. The molecule has 0 bridgehead atoms. The van der Waals surface area contributed by atoms with Gasteiger partial charge in [-0.3, -0.25) is 14.6 Å². The van der Waals surface area contributed by atoms with E-state index in [-0.39, 0.29) is 11.3 Å². The summed E-state index contributed by atoms with van der Waals surface area (Å²) in [6, 6.07) is 5.19. The van der Waals surface area contributed by atoms with Gasteiger partial charge in [0.15, 0.2) is 0 Å². The molecule has 0 saturated carbocycles. The molecular formula is C21H29ClN4O2S. The van der Waals surface area contributed by atoms with E-state index < -0.39 is 0 Å². The molecule has 29 heavy (non-hydrogen) atoms. The van der Waals surface area contributed by atoms with Crippen LogP contribution in [0.25, 0.3) is 0 Å².